The monoisotopic (exact) mass is 199 g/mol. The quantitative estimate of drug-likeness (QED) is 0.546. The summed E-state index contributed by atoms with van der Waals surface area (Å²) in [6.45, 7) is 2.41. The smallest absolute Gasteiger partial charge is 0.230 e. The molecule has 0 N–H and O–H groups in total. The van der Waals surface area contributed by atoms with Crippen LogP contribution in [0.3, 0.4) is 0 Å². The molecule has 1 atom stereocenters. The maximum Gasteiger partial charge on any atom is 0.230 e. The van der Waals surface area contributed by atoms with Gasteiger partial charge in [-0.1, -0.05) is 0 Å². The van der Waals surface area contributed by atoms with Gasteiger partial charge in [0.25, 0.3) is 0 Å². The van der Waals surface area contributed by atoms with E-state index in [2.05, 4.69) is 0 Å². The summed E-state index contributed by atoms with van der Waals surface area (Å²) in [5.74, 6) is -0.101. The van der Waals surface area contributed by atoms with Crippen molar-refractivity contribution in [3.05, 3.63) is 0 Å². The number of carbonyl (C=O) groups excluding carboxylic acids is 2. The van der Waals surface area contributed by atoms with Crippen molar-refractivity contribution in [3.8, 4) is 0 Å². The van der Waals surface area contributed by atoms with Crippen LogP contribution in [0, 0.1) is 0 Å². The molecule has 2 rings (SSSR count). The van der Waals surface area contributed by atoms with Gasteiger partial charge in [-0.25, -0.2) is 0 Å². The van der Waals surface area contributed by atoms with Crippen molar-refractivity contribution >= 4 is 11.7 Å². The summed E-state index contributed by atoms with van der Waals surface area (Å²) in [6, 6.07) is 0. The fourth-order valence-corrected chi connectivity index (χ4v) is 1.69. The molecule has 0 aromatic heterocycles. The summed E-state index contributed by atoms with van der Waals surface area (Å²) >= 11 is 0. The van der Waals surface area contributed by atoms with Gasteiger partial charge < -0.3 is 14.4 Å². The molecular weight excluding hydrogens is 186 g/mol. The van der Waals surface area contributed by atoms with E-state index in [9.17, 15) is 9.59 Å². The van der Waals surface area contributed by atoms with Crippen LogP contribution in [0.5, 0.6) is 0 Å². The first-order valence-corrected chi connectivity index (χ1v) is 4.74. The molecular formula is C9H13NO4. The zero-order valence-corrected chi connectivity index (χ0v) is 7.90. The lowest BCUT2D eigenvalue weighted by molar-refractivity contribution is -0.134. The van der Waals surface area contributed by atoms with Gasteiger partial charge in [-0.2, -0.15) is 0 Å². The number of carbonyl (C=O) groups is 2. The molecule has 0 saturated carbocycles. The van der Waals surface area contributed by atoms with Gasteiger partial charge in [-0.05, 0) is 0 Å². The van der Waals surface area contributed by atoms with Crippen LogP contribution in [-0.4, -0.2) is 55.6 Å². The molecule has 2 fully saturated rings. The highest BCUT2D eigenvalue weighted by molar-refractivity contribution is 6.05. The second-order valence-corrected chi connectivity index (χ2v) is 3.56. The zero-order valence-electron chi connectivity index (χ0n) is 7.90. The van der Waals surface area contributed by atoms with E-state index in [4.69, 9.17) is 9.47 Å². The molecule has 0 aliphatic carbocycles. The van der Waals surface area contributed by atoms with Crippen LogP contribution >= 0.6 is 0 Å². The Morgan fingerprint density at radius 2 is 2.21 bits per heavy atom. The highest BCUT2D eigenvalue weighted by atomic mass is 16.6. The Bertz CT molecular complexity index is 247. The first-order valence-electron chi connectivity index (χ1n) is 4.74. The van der Waals surface area contributed by atoms with Gasteiger partial charge in [-0.15, -0.1) is 0 Å². The van der Waals surface area contributed by atoms with Gasteiger partial charge in [0.2, 0.25) is 5.91 Å². The lowest BCUT2D eigenvalue weighted by Crippen LogP contribution is -2.40. The topological polar surface area (TPSA) is 55.8 Å². The summed E-state index contributed by atoms with van der Waals surface area (Å²) < 4.78 is 10.6. The molecule has 2 saturated heterocycles. The van der Waals surface area contributed by atoms with Crippen LogP contribution in [0.4, 0.5) is 0 Å². The summed E-state index contributed by atoms with van der Waals surface area (Å²) in [7, 11) is 0. The number of hydrogen-bond acceptors (Lipinski definition) is 4. The van der Waals surface area contributed by atoms with E-state index >= 15 is 0 Å². The Morgan fingerprint density at radius 1 is 1.36 bits per heavy atom. The molecule has 0 aromatic rings. The molecule has 1 amide bonds. The molecule has 0 bridgehead atoms. The Kier molecular flexibility index (Phi) is 2.79. The van der Waals surface area contributed by atoms with Crippen molar-refractivity contribution < 1.29 is 19.1 Å². The third kappa shape index (κ3) is 2.10. The van der Waals surface area contributed by atoms with Gasteiger partial charge >= 0.3 is 0 Å². The molecule has 1 unspecified atom stereocenters. The molecule has 2 heterocycles. The number of ketones is 1. The minimum atomic E-state index is -0.0934. The van der Waals surface area contributed by atoms with Gasteiger partial charge in [0, 0.05) is 6.54 Å². The first-order chi connectivity index (χ1) is 6.75. The molecule has 14 heavy (non-hydrogen) atoms. The van der Waals surface area contributed by atoms with E-state index in [1.54, 1.807) is 4.90 Å². The largest absolute Gasteiger partial charge is 0.376 e. The third-order valence-electron chi connectivity index (χ3n) is 2.38. The van der Waals surface area contributed by atoms with E-state index in [1.165, 1.54) is 0 Å². The second-order valence-electron chi connectivity index (χ2n) is 3.56. The summed E-state index contributed by atoms with van der Waals surface area (Å²) in [6.07, 6.45) is -0.0216. The van der Waals surface area contributed by atoms with Crippen molar-refractivity contribution in [1.29, 1.82) is 0 Å². The number of amides is 1. The van der Waals surface area contributed by atoms with E-state index in [-0.39, 0.29) is 30.8 Å². The number of rotatable bonds is 2. The third-order valence-corrected chi connectivity index (χ3v) is 2.38. The molecule has 2 aliphatic heterocycles. The number of ether oxygens (including phenoxy) is 2. The lowest BCUT2D eigenvalue weighted by Gasteiger charge is -2.26. The molecule has 0 radical (unpaired) electrons. The Labute approximate surface area is 82.0 Å². The van der Waals surface area contributed by atoms with Crippen LogP contribution in [0.2, 0.25) is 0 Å². The maximum absolute atomic E-state index is 11.3. The Hall–Kier alpha value is -0.940. The molecule has 0 spiro atoms. The standard InChI is InChI=1S/C9H13NO4/c11-7-3-9(12)10(4-7)5-8-6-13-1-2-14-8/h8H,1-6H2. The van der Waals surface area contributed by atoms with E-state index in [0.29, 0.717) is 26.4 Å². The Morgan fingerprint density at radius 3 is 2.79 bits per heavy atom. The van der Waals surface area contributed by atoms with E-state index in [0.717, 1.165) is 0 Å². The molecule has 78 valence electrons. The van der Waals surface area contributed by atoms with Gasteiger partial charge in [0.1, 0.15) is 0 Å². The fourth-order valence-electron chi connectivity index (χ4n) is 1.69. The molecule has 2 aliphatic rings. The highest BCUT2D eigenvalue weighted by Crippen LogP contribution is 2.10. The van der Waals surface area contributed by atoms with Crippen molar-refractivity contribution in [2.45, 2.75) is 12.5 Å². The lowest BCUT2D eigenvalue weighted by atomic mass is 10.3. The highest BCUT2D eigenvalue weighted by Gasteiger charge is 2.30. The predicted molar refractivity (Wildman–Crippen MR) is 46.8 cm³/mol. The first kappa shape index (κ1) is 9.61. The van der Waals surface area contributed by atoms with Crippen LogP contribution in [0.25, 0.3) is 0 Å². The number of likely N-dealkylation sites (tertiary alicyclic amines) is 1. The van der Waals surface area contributed by atoms with E-state index < -0.39 is 0 Å². The number of hydrogen-bond donors (Lipinski definition) is 0. The van der Waals surface area contributed by atoms with Crippen LogP contribution in [0.1, 0.15) is 6.42 Å². The second kappa shape index (κ2) is 4.06. The van der Waals surface area contributed by atoms with Crippen LogP contribution in [-0.2, 0) is 19.1 Å². The van der Waals surface area contributed by atoms with Crippen LogP contribution in [0.15, 0.2) is 0 Å². The van der Waals surface area contributed by atoms with Crippen molar-refractivity contribution in [1.82, 2.24) is 4.90 Å². The van der Waals surface area contributed by atoms with Crippen LogP contribution < -0.4 is 0 Å². The summed E-state index contributed by atoms with van der Waals surface area (Å²) in [5.41, 5.74) is 0. The zero-order chi connectivity index (χ0) is 9.97. The van der Waals surface area contributed by atoms with Crippen molar-refractivity contribution in [2.75, 3.05) is 32.9 Å². The van der Waals surface area contributed by atoms with Gasteiger partial charge in [-0.3, -0.25) is 9.59 Å². The van der Waals surface area contributed by atoms with E-state index in [1.807, 2.05) is 0 Å². The fraction of sp³-hybridized carbons (Fsp3) is 0.778. The number of nitrogens with zero attached hydrogens (tertiary/aromatic N) is 1. The summed E-state index contributed by atoms with van der Waals surface area (Å²) in [5, 5.41) is 0. The van der Waals surface area contributed by atoms with Gasteiger partial charge in [0.05, 0.1) is 38.9 Å². The maximum atomic E-state index is 11.3. The van der Waals surface area contributed by atoms with Gasteiger partial charge in [0.15, 0.2) is 5.78 Å². The van der Waals surface area contributed by atoms with Crippen molar-refractivity contribution in [2.24, 2.45) is 0 Å². The molecule has 5 nitrogen and oxygen atoms in total. The Balaban J connectivity index is 1.84. The average Bonchev–Trinajstić information content (AvgIpc) is 2.47. The molecule has 5 heteroatoms. The number of Topliss-reactive ketones (excluding diaryl/α,β-unsaturated/α-hetero) is 1. The summed E-state index contributed by atoms with van der Waals surface area (Å²) in [4.78, 5) is 23.8. The molecule has 0 aromatic carbocycles. The normalized spacial score (nSPS) is 28.6. The minimum absolute atomic E-state index is 0.00766. The SMILES string of the molecule is O=C1CC(=O)N(CC2COCCO2)C1. The van der Waals surface area contributed by atoms with Crippen molar-refractivity contribution in [3.63, 3.8) is 0 Å². The minimum Gasteiger partial charge on any atom is -0.376 e. The average molecular weight is 199 g/mol. The predicted octanol–water partition coefficient (Wildman–Crippen LogP) is -0.797.